The minimum atomic E-state index is -0.445. The second-order valence-electron chi connectivity index (χ2n) is 6.16. The van der Waals surface area contributed by atoms with E-state index in [-0.39, 0.29) is 0 Å². The average molecular weight is 441 g/mol. The van der Waals surface area contributed by atoms with Crippen molar-refractivity contribution in [2.75, 3.05) is 0 Å². The monoisotopic (exact) mass is 440 g/mol. The number of nitrogens with zero attached hydrogens (tertiary/aromatic N) is 2. The zero-order valence-electron chi connectivity index (χ0n) is 15.0. The van der Waals surface area contributed by atoms with Gasteiger partial charge in [0.05, 0.1) is 20.6 Å². The van der Waals surface area contributed by atoms with Crippen LogP contribution >= 0.6 is 34.5 Å². The number of thiophene rings is 1. The maximum Gasteiger partial charge on any atom is 0.340 e. The predicted molar refractivity (Wildman–Crippen MR) is 119 cm³/mol. The third-order valence-corrected chi connectivity index (χ3v) is 5.76. The number of benzene rings is 2. The molecule has 0 spiro atoms. The molecule has 2 aromatic carbocycles. The molecule has 2 heterocycles. The van der Waals surface area contributed by atoms with Gasteiger partial charge in [0.25, 0.3) is 5.91 Å². The highest BCUT2D eigenvalue weighted by Crippen LogP contribution is 2.31. The Morgan fingerprint density at radius 3 is 2.31 bits per heavy atom. The molecule has 4 nitrogen and oxygen atoms in total. The fraction of sp³-hybridized carbons (Fsp3) is 0. The van der Waals surface area contributed by atoms with Crippen LogP contribution in [0.5, 0.6) is 0 Å². The van der Waals surface area contributed by atoms with Crippen LogP contribution in [0.4, 0.5) is 0 Å². The predicted octanol–water partition coefficient (Wildman–Crippen LogP) is 6.03. The van der Waals surface area contributed by atoms with Crippen molar-refractivity contribution in [3.63, 3.8) is 0 Å². The highest BCUT2D eigenvalue weighted by Gasteiger charge is 2.19. The summed E-state index contributed by atoms with van der Waals surface area (Å²) in [5.41, 5.74) is 1.52. The SMILES string of the molecule is O=C(/C=C/c1ccc(Cl)cc1)n1c(-c2ccc(Cl)s2)cn(-c2ccccc2)c1=O. The second kappa shape index (κ2) is 8.25. The van der Waals surface area contributed by atoms with E-state index in [0.717, 1.165) is 15.0 Å². The Kier molecular flexibility index (Phi) is 5.53. The molecule has 29 heavy (non-hydrogen) atoms. The Labute approximate surface area is 180 Å². The highest BCUT2D eigenvalue weighted by molar-refractivity contribution is 7.19. The summed E-state index contributed by atoms with van der Waals surface area (Å²) < 4.78 is 3.19. The number of allylic oxidation sites excluding steroid dienone is 1. The summed E-state index contributed by atoms with van der Waals surface area (Å²) in [4.78, 5) is 26.8. The first-order valence-electron chi connectivity index (χ1n) is 8.66. The highest BCUT2D eigenvalue weighted by atomic mass is 35.5. The van der Waals surface area contributed by atoms with Gasteiger partial charge < -0.3 is 0 Å². The maximum absolute atomic E-state index is 13.1. The lowest BCUT2D eigenvalue weighted by molar-refractivity contribution is 0.0967. The van der Waals surface area contributed by atoms with E-state index in [4.69, 9.17) is 23.2 Å². The van der Waals surface area contributed by atoms with E-state index in [0.29, 0.717) is 20.7 Å². The van der Waals surface area contributed by atoms with Gasteiger partial charge in [0.2, 0.25) is 0 Å². The Morgan fingerprint density at radius 2 is 1.66 bits per heavy atom. The number of imidazole rings is 1. The van der Waals surface area contributed by atoms with Crippen LogP contribution in [0.2, 0.25) is 9.36 Å². The van der Waals surface area contributed by atoms with Crippen molar-refractivity contribution in [1.29, 1.82) is 0 Å². The van der Waals surface area contributed by atoms with E-state index in [9.17, 15) is 9.59 Å². The first-order valence-corrected chi connectivity index (χ1v) is 10.2. The van der Waals surface area contributed by atoms with Crippen LogP contribution in [0.15, 0.2) is 83.8 Å². The number of hydrogen-bond acceptors (Lipinski definition) is 3. The Bertz CT molecular complexity index is 1250. The van der Waals surface area contributed by atoms with Gasteiger partial charge in [0.1, 0.15) is 0 Å². The van der Waals surface area contributed by atoms with E-state index in [1.165, 1.54) is 22.0 Å². The van der Waals surface area contributed by atoms with Crippen molar-refractivity contribution in [3.05, 3.63) is 104 Å². The molecule has 4 aromatic rings. The fourth-order valence-corrected chi connectivity index (χ4v) is 4.04. The molecule has 0 bridgehead atoms. The minimum absolute atomic E-state index is 0.443. The molecule has 0 saturated carbocycles. The number of rotatable bonds is 4. The molecule has 7 heteroatoms. The van der Waals surface area contributed by atoms with Crippen molar-refractivity contribution in [2.24, 2.45) is 0 Å². The molecule has 144 valence electrons. The molecule has 2 aromatic heterocycles. The zero-order valence-corrected chi connectivity index (χ0v) is 17.3. The van der Waals surface area contributed by atoms with Crippen molar-refractivity contribution >= 4 is 46.5 Å². The maximum atomic E-state index is 13.1. The third kappa shape index (κ3) is 4.12. The molecule has 0 aliphatic heterocycles. The molecule has 0 unspecified atom stereocenters. The Morgan fingerprint density at radius 1 is 0.931 bits per heavy atom. The summed E-state index contributed by atoms with van der Waals surface area (Å²) >= 11 is 13.3. The molecule has 0 N–H and O–H groups in total. The number of halogens is 2. The first-order chi connectivity index (χ1) is 14.0. The van der Waals surface area contributed by atoms with E-state index in [1.54, 1.807) is 48.7 Å². The molecule has 0 saturated heterocycles. The quantitative estimate of drug-likeness (QED) is 0.363. The molecule has 0 amide bonds. The normalized spacial score (nSPS) is 11.2. The second-order valence-corrected chi connectivity index (χ2v) is 8.32. The van der Waals surface area contributed by atoms with E-state index < -0.39 is 11.6 Å². The summed E-state index contributed by atoms with van der Waals surface area (Å²) in [6.45, 7) is 0. The molecular formula is C22H14Cl2N2O2S. The van der Waals surface area contributed by atoms with E-state index >= 15 is 0 Å². The third-order valence-electron chi connectivity index (χ3n) is 4.26. The van der Waals surface area contributed by atoms with Gasteiger partial charge in [-0.2, -0.15) is 0 Å². The minimum Gasteiger partial charge on any atom is -0.269 e. The standard InChI is InChI=1S/C22H14Cl2N2O2S/c23-16-9-6-15(7-10-16)8-13-21(27)26-18(19-11-12-20(24)29-19)14-25(22(26)28)17-4-2-1-3-5-17/h1-14H/b13-8+. The molecule has 0 fully saturated rings. The van der Waals surface area contributed by atoms with Crippen LogP contribution in [0, 0.1) is 0 Å². The van der Waals surface area contributed by atoms with Gasteiger partial charge in [-0.3, -0.25) is 9.36 Å². The topological polar surface area (TPSA) is 44.0 Å². The van der Waals surface area contributed by atoms with Crippen molar-refractivity contribution < 1.29 is 4.79 Å². The Hall–Kier alpha value is -2.86. The zero-order chi connectivity index (χ0) is 20.4. The number of para-hydroxylation sites is 1. The number of carbonyl (C=O) groups is 1. The van der Waals surface area contributed by atoms with E-state index in [1.807, 2.05) is 30.3 Å². The van der Waals surface area contributed by atoms with Crippen LogP contribution in [-0.4, -0.2) is 15.0 Å². The average Bonchev–Trinajstić information content (AvgIpc) is 3.31. The van der Waals surface area contributed by atoms with Gasteiger partial charge in [0.15, 0.2) is 0 Å². The molecular weight excluding hydrogens is 427 g/mol. The van der Waals surface area contributed by atoms with E-state index in [2.05, 4.69) is 0 Å². The van der Waals surface area contributed by atoms with Crippen LogP contribution in [0.3, 0.4) is 0 Å². The summed E-state index contributed by atoms with van der Waals surface area (Å²) in [5, 5.41) is 0.612. The molecule has 0 atom stereocenters. The van der Waals surface area contributed by atoms with Crippen LogP contribution in [0.25, 0.3) is 22.3 Å². The van der Waals surface area contributed by atoms with Gasteiger partial charge in [0, 0.05) is 17.3 Å². The summed E-state index contributed by atoms with van der Waals surface area (Å²) in [6.07, 6.45) is 4.68. The summed E-state index contributed by atoms with van der Waals surface area (Å²) in [7, 11) is 0. The molecule has 4 rings (SSSR count). The largest absolute Gasteiger partial charge is 0.340 e. The van der Waals surface area contributed by atoms with Crippen LogP contribution in [0.1, 0.15) is 10.4 Å². The summed E-state index contributed by atoms with van der Waals surface area (Å²) in [5.74, 6) is -0.445. The van der Waals surface area contributed by atoms with Crippen LogP contribution < -0.4 is 5.69 Å². The van der Waals surface area contributed by atoms with Crippen LogP contribution in [-0.2, 0) is 0 Å². The first kappa shape index (κ1) is 19.5. The van der Waals surface area contributed by atoms with Gasteiger partial charge in [-0.1, -0.05) is 53.5 Å². The molecule has 0 aliphatic rings. The lowest BCUT2D eigenvalue weighted by Crippen LogP contribution is -2.27. The van der Waals surface area contributed by atoms with Gasteiger partial charge >= 0.3 is 5.69 Å². The van der Waals surface area contributed by atoms with Gasteiger partial charge in [-0.05, 0) is 48.0 Å². The van der Waals surface area contributed by atoms with Crippen molar-refractivity contribution in [1.82, 2.24) is 9.13 Å². The Balaban J connectivity index is 1.80. The molecule has 0 radical (unpaired) electrons. The lowest BCUT2D eigenvalue weighted by Gasteiger charge is -2.01. The fourth-order valence-electron chi connectivity index (χ4n) is 2.87. The lowest BCUT2D eigenvalue weighted by atomic mass is 10.2. The van der Waals surface area contributed by atoms with Gasteiger partial charge in [-0.15, -0.1) is 11.3 Å². The van der Waals surface area contributed by atoms with Crippen molar-refractivity contribution in [2.45, 2.75) is 0 Å². The number of aromatic nitrogens is 2. The smallest absolute Gasteiger partial charge is 0.269 e. The summed E-state index contributed by atoms with van der Waals surface area (Å²) in [6, 6.07) is 19.8. The van der Waals surface area contributed by atoms with Gasteiger partial charge in [-0.25, -0.2) is 9.36 Å². The number of carbonyl (C=O) groups excluding carboxylic acids is 1. The van der Waals surface area contributed by atoms with Crippen molar-refractivity contribution in [3.8, 4) is 16.3 Å². The number of hydrogen-bond donors (Lipinski definition) is 0. The molecule has 0 aliphatic carbocycles.